The molecule has 0 bridgehead atoms. The van der Waals surface area contributed by atoms with Gasteiger partial charge in [0.2, 0.25) is 11.8 Å². The highest BCUT2D eigenvalue weighted by Gasteiger charge is 2.36. The summed E-state index contributed by atoms with van der Waals surface area (Å²) < 4.78 is 5.59. The average Bonchev–Trinajstić information content (AvgIpc) is 2.99. The van der Waals surface area contributed by atoms with E-state index in [-0.39, 0.29) is 18.2 Å². The van der Waals surface area contributed by atoms with Crippen LogP contribution in [0.4, 0.5) is 11.4 Å². The first-order chi connectivity index (χ1) is 12.1. The molecule has 1 N–H and O–H groups in total. The second-order valence-corrected chi connectivity index (χ2v) is 6.24. The summed E-state index contributed by atoms with van der Waals surface area (Å²) in [6.07, 6.45) is 0.180. The number of benzene rings is 2. The number of nitrogens with zero attached hydrogens (tertiary/aromatic N) is 1. The molecule has 1 atom stereocenters. The zero-order valence-electron chi connectivity index (χ0n) is 13.9. The molecule has 0 saturated carbocycles. The lowest BCUT2D eigenvalue weighted by Crippen LogP contribution is -2.28. The van der Waals surface area contributed by atoms with E-state index >= 15 is 0 Å². The van der Waals surface area contributed by atoms with E-state index in [2.05, 4.69) is 5.32 Å². The molecule has 2 aromatic rings. The second kappa shape index (κ2) is 7.57. The lowest BCUT2D eigenvalue weighted by Gasteiger charge is -2.20. The van der Waals surface area contributed by atoms with Crippen molar-refractivity contribution in [3.8, 4) is 5.75 Å². The maximum Gasteiger partial charge on any atom is 0.229 e. The smallest absolute Gasteiger partial charge is 0.229 e. The molecule has 2 amide bonds. The van der Waals surface area contributed by atoms with Gasteiger partial charge in [0.25, 0.3) is 0 Å². The summed E-state index contributed by atoms with van der Waals surface area (Å²) in [5.41, 5.74) is 1.37. The molecule has 1 saturated heterocycles. The number of carbonyl (C=O) groups excluding carboxylic acids is 2. The molecule has 3 rings (SSSR count). The SMILES string of the molecule is CCOc1ccccc1N1CC(C(=O)Nc2ccc(Cl)cc2)CC1=O. The van der Waals surface area contributed by atoms with E-state index in [1.165, 1.54) is 0 Å². The van der Waals surface area contributed by atoms with E-state index in [0.717, 1.165) is 0 Å². The van der Waals surface area contributed by atoms with Crippen LogP contribution in [0.3, 0.4) is 0 Å². The number of rotatable bonds is 5. The summed E-state index contributed by atoms with van der Waals surface area (Å²) in [5.74, 6) is -0.00885. The first-order valence-electron chi connectivity index (χ1n) is 8.17. The number of carbonyl (C=O) groups is 2. The molecule has 0 radical (unpaired) electrons. The number of halogens is 1. The van der Waals surface area contributed by atoms with Gasteiger partial charge in [0.15, 0.2) is 0 Å². The fourth-order valence-electron chi connectivity index (χ4n) is 2.85. The number of ether oxygens (including phenoxy) is 1. The summed E-state index contributed by atoms with van der Waals surface area (Å²) in [4.78, 5) is 26.5. The number of hydrogen-bond donors (Lipinski definition) is 1. The Morgan fingerprint density at radius 3 is 2.68 bits per heavy atom. The van der Waals surface area contributed by atoms with Crippen LogP contribution in [0.25, 0.3) is 0 Å². The van der Waals surface area contributed by atoms with Crippen molar-refractivity contribution in [1.82, 2.24) is 0 Å². The molecule has 2 aromatic carbocycles. The standard InChI is InChI=1S/C19H19ClN2O3/c1-2-25-17-6-4-3-5-16(17)22-12-13(11-18(22)23)19(24)21-15-9-7-14(20)8-10-15/h3-10,13H,2,11-12H2,1H3,(H,21,24). The molecular weight excluding hydrogens is 340 g/mol. The quantitative estimate of drug-likeness (QED) is 0.886. The predicted octanol–water partition coefficient (Wildman–Crippen LogP) is 3.73. The van der Waals surface area contributed by atoms with Gasteiger partial charge in [-0.1, -0.05) is 23.7 Å². The summed E-state index contributed by atoms with van der Waals surface area (Å²) in [6, 6.07) is 14.3. The molecule has 5 nitrogen and oxygen atoms in total. The molecule has 1 aliphatic heterocycles. The summed E-state index contributed by atoms with van der Waals surface area (Å²) >= 11 is 5.85. The number of para-hydroxylation sites is 2. The highest BCUT2D eigenvalue weighted by Crippen LogP contribution is 2.33. The molecular formula is C19H19ClN2O3. The van der Waals surface area contributed by atoms with Crippen LogP contribution < -0.4 is 15.0 Å². The highest BCUT2D eigenvalue weighted by molar-refractivity contribution is 6.30. The van der Waals surface area contributed by atoms with Gasteiger partial charge in [-0.3, -0.25) is 9.59 Å². The Hall–Kier alpha value is -2.53. The maximum absolute atomic E-state index is 12.5. The first-order valence-corrected chi connectivity index (χ1v) is 8.55. The van der Waals surface area contributed by atoms with E-state index in [1.54, 1.807) is 29.2 Å². The Labute approximate surface area is 151 Å². The number of amides is 2. The molecule has 25 heavy (non-hydrogen) atoms. The minimum atomic E-state index is -0.405. The van der Waals surface area contributed by atoms with Crippen molar-refractivity contribution < 1.29 is 14.3 Å². The zero-order valence-corrected chi connectivity index (χ0v) is 14.6. The van der Waals surface area contributed by atoms with Gasteiger partial charge in [0, 0.05) is 23.7 Å². The fraction of sp³-hybridized carbons (Fsp3) is 0.263. The lowest BCUT2D eigenvalue weighted by atomic mass is 10.1. The van der Waals surface area contributed by atoms with Crippen LogP contribution >= 0.6 is 11.6 Å². The van der Waals surface area contributed by atoms with Crippen molar-refractivity contribution in [2.45, 2.75) is 13.3 Å². The van der Waals surface area contributed by atoms with Gasteiger partial charge in [0.05, 0.1) is 18.2 Å². The number of hydrogen-bond acceptors (Lipinski definition) is 3. The normalized spacial score (nSPS) is 16.8. The van der Waals surface area contributed by atoms with Gasteiger partial charge in [-0.15, -0.1) is 0 Å². The molecule has 6 heteroatoms. The maximum atomic E-state index is 12.5. The van der Waals surface area contributed by atoms with Gasteiger partial charge in [-0.05, 0) is 43.3 Å². The Kier molecular flexibility index (Phi) is 5.24. The fourth-order valence-corrected chi connectivity index (χ4v) is 2.98. The Balaban J connectivity index is 1.72. The van der Waals surface area contributed by atoms with Gasteiger partial charge in [-0.25, -0.2) is 0 Å². The largest absolute Gasteiger partial charge is 0.492 e. The van der Waals surface area contributed by atoms with Gasteiger partial charge < -0.3 is 15.0 Å². The van der Waals surface area contributed by atoms with Crippen LogP contribution in [-0.2, 0) is 9.59 Å². The van der Waals surface area contributed by atoms with Crippen LogP contribution in [-0.4, -0.2) is 25.0 Å². The van der Waals surface area contributed by atoms with Crippen LogP contribution in [0, 0.1) is 5.92 Å². The minimum absolute atomic E-state index is 0.0802. The molecule has 130 valence electrons. The summed E-state index contributed by atoms with van der Waals surface area (Å²) in [7, 11) is 0. The Bertz CT molecular complexity index is 776. The van der Waals surface area contributed by atoms with Crippen molar-refractivity contribution >= 4 is 34.8 Å². The van der Waals surface area contributed by atoms with Crippen LogP contribution in [0.1, 0.15) is 13.3 Å². The molecule has 0 spiro atoms. The van der Waals surface area contributed by atoms with Crippen molar-refractivity contribution in [2.24, 2.45) is 5.92 Å². The highest BCUT2D eigenvalue weighted by atomic mass is 35.5. The van der Waals surface area contributed by atoms with Crippen molar-refractivity contribution in [2.75, 3.05) is 23.4 Å². The van der Waals surface area contributed by atoms with Crippen LogP contribution in [0.15, 0.2) is 48.5 Å². The lowest BCUT2D eigenvalue weighted by molar-refractivity contribution is -0.122. The third kappa shape index (κ3) is 3.94. The molecule has 1 fully saturated rings. The van der Waals surface area contributed by atoms with E-state index in [4.69, 9.17) is 16.3 Å². The van der Waals surface area contributed by atoms with Crippen LogP contribution in [0.5, 0.6) is 5.75 Å². The first kappa shape index (κ1) is 17.3. The van der Waals surface area contributed by atoms with Crippen molar-refractivity contribution in [3.05, 3.63) is 53.6 Å². The zero-order chi connectivity index (χ0) is 17.8. The predicted molar refractivity (Wildman–Crippen MR) is 98.2 cm³/mol. The van der Waals surface area contributed by atoms with Gasteiger partial charge in [-0.2, -0.15) is 0 Å². The third-order valence-corrected chi connectivity index (χ3v) is 4.32. The minimum Gasteiger partial charge on any atom is -0.492 e. The topological polar surface area (TPSA) is 58.6 Å². The molecule has 0 aliphatic carbocycles. The molecule has 1 unspecified atom stereocenters. The summed E-state index contributed by atoms with van der Waals surface area (Å²) in [5, 5.41) is 3.44. The van der Waals surface area contributed by atoms with E-state index in [0.29, 0.717) is 35.3 Å². The molecule has 1 heterocycles. The van der Waals surface area contributed by atoms with E-state index in [9.17, 15) is 9.59 Å². The average molecular weight is 359 g/mol. The van der Waals surface area contributed by atoms with Gasteiger partial charge in [0.1, 0.15) is 5.75 Å². The number of nitrogens with one attached hydrogen (secondary N) is 1. The van der Waals surface area contributed by atoms with Gasteiger partial charge >= 0.3 is 0 Å². The van der Waals surface area contributed by atoms with Crippen LogP contribution in [0.2, 0.25) is 5.02 Å². The third-order valence-electron chi connectivity index (χ3n) is 4.06. The monoisotopic (exact) mass is 358 g/mol. The second-order valence-electron chi connectivity index (χ2n) is 5.80. The Morgan fingerprint density at radius 1 is 1.24 bits per heavy atom. The molecule has 1 aliphatic rings. The Morgan fingerprint density at radius 2 is 1.96 bits per heavy atom. The number of anilines is 2. The van der Waals surface area contributed by atoms with E-state index in [1.807, 2.05) is 31.2 Å². The van der Waals surface area contributed by atoms with Crippen molar-refractivity contribution in [3.63, 3.8) is 0 Å². The summed E-state index contributed by atoms with van der Waals surface area (Å²) in [6.45, 7) is 2.74. The van der Waals surface area contributed by atoms with E-state index < -0.39 is 5.92 Å². The molecule has 0 aromatic heterocycles. The van der Waals surface area contributed by atoms with Crippen molar-refractivity contribution in [1.29, 1.82) is 0 Å².